The number of halogens is 3. The third-order valence-electron chi connectivity index (χ3n) is 9.79. The monoisotopic (exact) mass is 805 g/mol. The van der Waals surface area contributed by atoms with E-state index < -0.39 is 71.2 Å². The number of ether oxygens (including phenoxy) is 5. The van der Waals surface area contributed by atoms with E-state index in [1.165, 1.54) is 64.7 Å². The molecule has 8 atom stereocenters. The number of aromatic nitrogens is 1. The van der Waals surface area contributed by atoms with Gasteiger partial charge in [-0.25, -0.2) is 19.4 Å². The molecule has 0 spiro atoms. The van der Waals surface area contributed by atoms with E-state index in [9.17, 15) is 37.8 Å². The van der Waals surface area contributed by atoms with Gasteiger partial charge in [-0.2, -0.15) is 13.2 Å². The molecule has 0 radical (unpaired) electrons. The summed E-state index contributed by atoms with van der Waals surface area (Å²) in [6, 6.07) is 6.41. The van der Waals surface area contributed by atoms with Gasteiger partial charge in [0.05, 0.1) is 13.2 Å². The zero-order chi connectivity index (χ0) is 42.6. The van der Waals surface area contributed by atoms with Gasteiger partial charge in [0, 0.05) is 44.6 Å². The molecule has 2 aromatic rings. The van der Waals surface area contributed by atoms with E-state index in [4.69, 9.17) is 23.4 Å². The second-order valence-electron chi connectivity index (χ2n) is 14.5. The van der Waals surface area contributed by atoms with Crippen LogP contribution in [0.3, 0.4) is 0 Å². The first-order valence-corrected chi connectivity index (χ1v) is 18.5. The number of carbonyl (C=O) groups is 3. The quantitative estimate of drug-likeness (QED) is 0.140. The van der Waals surface area contributed by atoms with Crippen molar-refractivity contribution in [2.24, 2.45) is 11.8 Å². The van der Waals surface area contributed by atoms with Crippen molar-refractivity contribution in [1.82, 2.24) is 4.98 Å². The zero-order valence-electron chi connectivity index (χ0n) is 33.6. The van der Waals surface area contributed by atoms with Gasteiger partial charge in [0.25, 0.3) is 5.60 Å². The largest absolute Gasteiger partial charge is 0.467 e. The van der Waals surface area contributed by atoms with Gasteiger partial charge in [0.1, 0.15) is 30.3 Å². The van der Waals surface area contributed by atoms with Crippen molar-refractivity contribution in [2.45, 2.75) is 109 Å². The lowest BCUT2D eigenvalue weighted by Crippen LogP contribution is -2.52. The number of carbonyl (C=O) groups excluding carboxylic acids is 3. The Bertz CT molecular complexity index is 1760. The highest BCUT2D eigenvalue weighted by molar-refractivity contribution is 5.84. The Hall–Kier alpha value is -4.57. The summed E-state index contributed by atoms with van der Waals surface area (Å²) < 4.78 is 76.7. The Morgan fingerprint density at radius 1 is 1.07 bits per heavy atom. The minimum Gasteiger partial charge on any atom is -0.467 e. The summed E-state index contributed by atoms with van der Waals surface area (Å²) in [6.07, 6.45) is 1.77. The Kier molecular flexibility index (Phi) is 17.0. The van der Waals surface area contributed by atoms with Crippen LogP contribution in [0.1, 0.15) is 77.5 Å². The SMILES string of the molecule is COC(=O)[C@@](C)(O)C/C=C\C/C(C)=C/[C@@H]1OC(=O)/C=C/[C@H](C)[C@@H](OC(=O)[C@@](OC)(c2ccccc2)C(F)(F)F)/C=C(\C)c2coc(n2)CCC(C)C[C@H](OC)[C@H]1O. The zero-order valence-corrected chi connectivity index (χ0v) is 33.6. The number of cyclic esters (lactones) is 1. The number of aliphatic hydroxyl groups is 2. The summed E-state index contributed by atoms with van der Waals surface area (Å²) in [5.74, 6) is -3.96. The van der Waals surface area contributed by atoms with E-state index in [1.54, 1.807) is 32.1 Å². The smallest absolute Gasteiger partial charge is 0.432 e. The predicted octanol–water partition coefficient (Wildman–Crippen LogP) is 6.75. The van der Waals surface area contributed by atoms with Crippen LogP contribution in [-0.4, -0.2) is 90.6 Å². The molecule has 1 aromatic carbocycles. The topological polar surface area (TPSA) is 164 Å². The minimum absolute atomic E-state index is 0.0185. The highest BCUT2D eigenvalue weighted by atomic mass is 19.4. The minimum atomic E-state index is -5.23. The van der Waals surface area contributed by atoms with E-state index in [0.717, 1.165) is 25.3 Å². The van der Waals surface area contributed by atoms with Crippen molar-refractivity contribution in [1.29, 1.82) is 0 Å². The third-order valence-corrected chi connectivity index (χ3v) is 9.79. The Labute approximate surface area is 331 Å². The summed E-state index contributed by atoms with van der Waals surface area (Å²) in [4.78, 5) is 43.5. The fourth-order valence-corrected chi connectivity index (χ4v) is 6.25. The molecule has 0 fully saturated rings. The van der Waals surface area contributed by atoms with Gasteiger partial charge in [-0.05, 0) is 63.7 Å². The molecule has 12 nitrogen and oxygen atoms in total. The molecular formula is C42H54F3NO11. The van der Waals surface area contributed by atoms with E-state index in [1.807, 2.05) is 6.92 Å². The summed E-state index contributed by atoms with van der Waals surface area (Å²) in [5, 5.41) is 21.9. The van der Waals surface area contributed by atoms with Crippen LogP contribution in [-0.2, 0) is 50.1 Å². The summed E-state index contributed by atoms with van der Waals surface area (Å²) >= 11 is 0. The number of alkyl halides is 3. The first-order chi connectivity index (χ1) is 26.8. The molecule has 1 aromatic heterocycles. The number of aryl methyl sites for hydroxylation is 1. The molecule has 1 aliphatic rings. The maximum absolute atomic E-state index is 14.8. The van der Waals surface area contributed by atoms with Crippen molar-refractivity contribution in [3.63, 3.8) is 0 Å². The number of hydrogen-bond donors (Lipinski definition) is 2. The molecule has 3 rings (SSSR count). The molecule has 2 bridgehead atoms. The first-order valence-electron chi connectivity index (χ1n) is 18.5. The average Bonchev–Trinajstić information content (AvgIpc) is 3.65. The van der Waals surface area contributed by atoms with Crippen molar-refractivity contribution in [3.8, 4) is 0 Å². The van der Waals surface area contributed by atoms with Gasteiger partial charge in [-0.15, -0.1) is 0 Å². The molecule has 1 aliphatic heterocycles. The highest BCUT2D eigenvalue weighted by Gasteiger charge is 2.64. The van der Waals surface area contributed by atoms with Crippen molar-refractivity contribution >= 4 is 23.5 Å². The summed E-state index contributed by atoms with van der Waals surface area (Å²) in [7, 11) is 3.38. The standard InChI is InChI=1S/C42H54F3NO11/c1-26(14-12-13-21-40(5,51)38(49)53-7)23-34-37(48)33(52-6)22-27(2)17-19-35-46-31(25-55-35)29(4)24-32(28(3)18-20-36(47)56-34)57-39(50)41(54-8,42(43,44)45)30-15-10-9-11-16-30/h9-13,15-16,18,20,23-25,27-28,32-34,37,48,51H,14,17,19,21-22H2,1-8H3/b13-12-,20-18+,26-23+,29-24+/t27?,28-,32-,33-,34-,37+,40-,41-/m0/s1. The van der Waals surface area contributed by atoms with Crippen LogP contribution in [0.5, 0.6) is 0 Å². The van der Waals surface area contributed by atoms with E-state index in [2.05, 4.69) is 9.72 Å². The number of methoxy groups -OCH3 is 3. The summed E-state index contributed by atoms with van der Waals surface area (Å²) in [6.45, 7) is 8.20. The molecule has 2 heterocycles. The lowest BCUT2D eigenvalue weighted by atomic mass is 9.92. The maximum atomic E-state index is 14.8. The molecule has 0 aliphatic carbocycles. The van der Waals surface area contributed by atoms with E-state index in [-0.39, 0.29) is 12.3 Å². The van der Waals surface area contributed by atoms with Gasteiger partial charge in [-0.3, -0.25) is 0 Å². The molecule has 314 valence electrons. The van der Waals surface area contributed by atoms with Crippen LogP contribution in [0.2, 0.25) is 0 Å². The summed E-state index contributed by atoms with van der Waals surface area (Å²) in [5.41, 5.74) is -4.22. The number of aliphatic hydroxyl groups excluding tert-OH is 1. The fourth-order valence-electron chi connectivity index (χ4n) is 6.25. The maximum Gasteiger partial charge on any atom is 0.432 e. The average molecular weight is 806 g/mol. The van der Waals surface area contributed by atoms with E-state index in [0.29, 0.717) is 48.4 Å². The van der Waals surface area contributed by atoms with Gasteiger partial charge >= 0.3 is 24.1 Å². The number of allylic oxidation sites excluding steroid dienone is 3. The molecule has 15 heteroatoms. The van der Waals surface area contributed by atoms with Crippen molar-refractivity contribution < 1.29 is 65.9 Å². The predicted molar refractivity (Wildman–Crippen MR) is 203 cm³/mol. The van der Waals surface area contributed by atoms with Gasteiger partial charge < -0.3 is 38.3 Å². The van der Waals surface area contributed by atoms with E-state index >= 15 is 0 Å². The molecule has 0 saturated heterocycles. The van der Waals surface area contributed by atoms with Crippen LogP contribution in [0.4, 0.5) is 13.2 Å². The van der Waals surface area contributed by atoms with Gasteiger partial charge in [0.2, 0.25) is 0 Å². The number of oxazole rings is 1. The third kappa shape index (κ3) is 12.5. The van der Waals surface area contributed by atoms with Crippen molar-refractivity contribution in [3.05, 3.63) is 95.8 Å². The molecule has 1 unspecified atom stereocenters. The fraction of sp³-hybridized carbons (Fsp3) is 0.524. The van der Waals surface area contributed by atoms with Gasteiger partial charge in [0.15, 0.2) is 11.5 Å². The van der Waals surface area contributed by atoms with Gasteiger partial charge in [-0.1, -0.05) is 68.0 Å². The Balaban J connectivity index is 2.03. The lowest BCUT2D eigenvalue weighted by molar-refractivity contribution is -0.277. The number of fused-ring (bicyclic) bond motifs is 2. The van der Waals surface area contributed by atoms with Crippen molar-refractivity contribution in [2.75, 3.05) is 21.3 Å². The number of esters is 3. The van der Waals surface area contributed by atoms with Crippen LogP contribution < -0.4 is 0 Å². The number of nitrogens with zero attached hydrogens (tertiary/aromatic N) is 1. The second kappa shape index (κ2) is 20.7. The Morgan fingerprint density at radius 3 is 2.37 bits per heavy atom. The van der Waals surface area contributed by atoms with Crippen LogP contribution in [0, 0.1) is 11.8 Å². The molecule has 0 saturated carbocycles. The van der Waals surface area contributed by atoms with Crippen LogP contribution in [0.15, 0.2) is 83.0 Å². The Morgan fingerprint density at radius 2 is 1.75 bits per heavy atom. The molecule has 0 amide bonds. The van der Waals surface area contributed by atoms with Crippen LogP contribution in [0.25, 0.3) is 5.57 Å². The first kappa shape index (κ1) is 46.8. The normalized spacial score (nSPS) is 26.8. The molecule has 57 heavy (non-hydrogen) atoms. The lowest BCUT2D eigenvalue weighted by Gasteiger charge is -2.34. The number of rotatable bonds is 11. The van der Waals surface area contributed by atoms with Crippen LogP contribution >= 0.6 is 0 Å². The molecular weight excluding hydrogens is 751 g/mol. The highest BCUT2D eigenvalue weighted by Crippen LogP contribution is 2.43. The number of hydrogen-bond acceptors (Lipinski definition) is 12. The second-order valence-corrected chi connectivity index (χ2v) is 14.5. The number of benzene rings is 1. The molecule has 2 N–H and O–H groups in total.